The maximum Gasteiger partial charge on any atom is 0.337 e. The molecule has 0 unspecified atom stereocenters. The van der Waals surface area contributed by atoms with Gasteiger partial charge in [0, 0.05) is 10.2 Å². The van der Waals surface area contributed by atoms with Crippen molar-refractivity contribution in [1.29, 1.82) is 0 Å². The number of hydrogen-bond acceptors (Lipinski definition) is 3. The van der Waals surface area contributed by atoms with Gasteiger partial charge in [-0.3, -0.25) is 0 Å². The monoisotopic (exact) mass is 320 g/mol. The first kappa shape index (κ1) is 13.4. The molecule has 0 heterocycles. The fourth-order valence-electron chi connectivity index (χ4n) is 1.84. The number of nitrogens with one attached hydrogen (secondary N) is 1. The maximum absolute atomic E-state index is 11.2. The summed E-state index contributed by atoms with van der Waals surface area (Å²) in [7, 11) is 0. The molecule has 19 heavy (non-hydrogen) atoms. The summed E-state index contributed by atoms with van der Waals surface area (Å²) >= 11 is 3.40. The van der Waals surface area contributed by atoms with Gasteiger partial charge in [0.05, 0.1) is 16.9 Å². The number of benzene rings is 2. The predicted molar refractivity (Wildman–Crippen MR) is 80.0 cm³/mol. The van der Waals surface area contributed by atoms with Gasteiger partial charge in [-0.1, -0.05) is 22.0 Å². The van der Waals surface area contributed by atoms with Crippen molar-refractivity contribution in [2.75, 3.05) is 11.1 Å². The molecule has 2 aromatic rings. The summed E-state index contributed by atoms with van der Waals surface area (Å²) in [5.41, 5.74) is 8.65. The van der Waals surface area contributed by atoms with Gasteiger partial charge in [-0.25, -0.2) is 4.79 Å². The van der Waals surface area contributed by atoms with Gasteiger partial charge < -0.3 is 16.2 Å². The van der Waals surface area contributed by atoms with Gasteiger partial charge in [-0.05, 0) is 42.8 Å². The van der Waals surface area contributed by atoms with Crippen molar-refractivity contribution in [2.45, 2.75) is 6.92 Å². The molecule has 98 valence electrons. The van der Waals surface area contributed by atoms with Crippen LogP contribution >= 0.6 is 15.9 Å². The zero-order valence-corrected chi connectivity index (χ0v) is 11.9. The van der Waals surface area contributed by atoms with Gasteiger partial charge in [0.15, 0.2) is 0 Å². The van der Waals surface area contributed by atoms with Crippen LogP contribution in [-0.4, -0.2) is 11.1 Å². The number of rotatable bonds is 3. The normalized spacial score (nSPS) is 10.2. The standard InChI is InChI=1S/C14H13BrN2O2/c1-8-5-9(15)7-10(6-8)17-13-11(14(18)19)3-2-4-12(13)16/h2-7,17H,16H2,1H3,(H,18,19). The largest absolute Gasteiger partial charge is 0.478 e. The van der Waals surface area contributed by atoms with Crippen molar-refractivity contribution in [3.63, 3.8) is 0 Å². The van der Waals surface area contributed by atoms with Crippen LogP contribution in [0.25, 0.3) is 0 Å². The van der Waals surface area contributed by atoms with Gasteiger partial charge in [0.1, 0.15) is 0 Å². The average molecular weight is 321 g/mol. The summed E-state index contributed by atoms with van der Waals surface area (Å²) in [6, 6.07) is 10.6. The van der Waals surface area contributed by atoms with Crippen LogP contribution in [0.5, 0.6) is 0 Å². The second-order valence-corrected chi connectivity index (χ2v) is 5.13. The Morgan fingerprint density at radius 1 is 1.32 bits per heavy atom. The first-order chi connectivity index (χ1) is 8.97. The molecule has 0 atom stereocenters. The van der Waals surface area contributed by atoms with E-state index in [0.29, 0.717) is 11.4 Å². The van der Waals surface area contributed by atoms with Crippen molar-refractivity contribution >= 4 is 39.0 Å². The van der Waals surface area contributed by atoms with Crippen LogP contribution < -0.4 is 11.1 Å². The molecule has 0 amide bonds. The molecule has 0 aliphatic carbocycles. The lowest BCUT2D eigenvalue weighted by Gasteiger charge is -2.13. The maximum atomic E-state index is 11.2. The number of halogens is 1. The van der Waals surface area contributed by atoms with Gasteiger partial charge in [0.2, 0.25) is 0 Å². The second-order valence-electron chi connectivity index (χ2n) is 4.22. The molecule has 4 N–H and O–H groups in total. The lowest BCUT2D eigenvalue weighted by Crippen LogP contribution is -2.05. The van der Waals surface area contributed by atoms with E-state index in [1.54, 1.807) is 12.1 Å². The number of carboxylic acids is 1. The molecule has 2 rings (SSSR count). The molecule has 5 heteroatoms. The summed E-state index contributed by atoms with van der Waals surface area (Å²) < 4.78 is 0.918. The number of aryl methyl sites for hydroxylation is 1. The molecular formula is C14H13BrN2O2. The minimum absolute atomic E-state index is 0.151. The number of carbonyl (C=O) groups is 1. The Morgan fingerprint density at radius 3 is 2.68 bits per heavy atom. The molecule has 0 saturated carbocycles. The highest BCUT2D eigenvalue weighted by atomic mass is 79.9. The third kappa shape index (κ3) is 3.06. The van der Waals surface area contributed by atoms with Crippen LogP contribution in [0.15, 0.2) is 40.9 Å². The lowest BCUT2D eigenvalue weighted by molar-refractivity contribution is 0.0698. The molecule has 0 bridgehead atoms. The number of para-hydroxylation sites is 1. The van der Waals surface area contributed by atoms with E-state index < -0.39 is 5.97 Å². The Morgan fingerprint density at radius 2 is 2.05 bits per heavy atom. The van der Waals surface area contributed by atoms with Crippen molar-refractivity contribution in [3.05, 3.63) is 52.0 Å². The van der Waals surface area contributed by atoms with Crippen molar-refractivity contribution in [1.82, 2.24) is 0 Å². The number of nitrogen functional groups attached to an aromatic ring is 1. The Balaban J connectivity index is 2.45. The zero-order valence-electron chi connectivity index (χ0n) is 10.3. The van der Waals surface area contributed by atoms with Crippen LogP contribution in [0.2, 0.25) is 0 Å². The fraction of sp³-hybridized carbons (Fsp3) is 0.0714. The minimum atomic E-state index is -1.01. The molecule has 0 aliphatic rings. The predicted octanol–water partition coefficient (Wildman–Crippen LogP) is 3.78. The highest BCUT2D eigenvalue weighted by Crippen LogP contribution is 2.29. The molecule has 0 spiro atoms. The van der Waals surface area contributed by atoms with E-state index in [0.717, 1.165) is 15.7 Å². The van der Waals surface area contributed by atoms with E-state index >= 15 is 0 Å². The summed E-state index contributed by atoms with van der Waals surface area (Å²) in [5.74, 6) is -1.01. The Labute approximate surface area is 119 Å². The topological polar surface area (TPSA) is 75.3 Å². The van der Waals surface area contributed by atoms with Crippen LogP contribution in [0, 0.1) is 6.92 Å². The van der Waals surface area contributed by atoms with Crippen molar-refractivity contribution < 1.29 is 9.90 Å². The molecule has 0 fully saturated rings. The number of nitrogens with two attached hydrogens (primary N) is 1. The minimum Gasteiger partial charge on any atom is -0.478 e. The van der Waals surface area contributed by atoms with Gasteiger partial charge in [-0.2, -0.15) is 0 Å². The quantitative estimate of drug-likeness (QED) is 0.752. The summed E-state index contributed by atoms with van der Waals surface area (Å²) in [5, 5.41) is 12.2. The summed E-state index contributed by atoms with van der Waals surface area (Å²) in [6.07, 6.45) is 0. The van der Waals surface area contributed by atoms with Crippen LogP contribution in [0.3, 0.4) is 0 Å². The number of hydrogen-bond donors (Lipinski definition) is 3. The van der Waals surface area contributed by atoms with E-state index in [1.807, 2.05) is 25.1 Å². The Hall–Kier alpha value is -2.01. The van der Waals surface area contributed by atoms with Gasteiger partial charge in [-0.15, -0.1) is 0 Å². The Bertz CT molecular complexity index is 621. The highest BCUT2D eigenvalue weighted by molar-refractivity contribution is 9.10. The van der Waals surface area contributed by atoms with Crippen LogP contribution in [0.4, 0.5) is 17.1 Å². The molecule has 0 radical (unpaired) electrons. The van der Waals surface area contributed by atoms with E-state index in [4.69, 9.17) is 5.73 Å². The van der Waals surface area contributed by atoms with Crippen molar-refractivity contribution in [3.8, 4) is 0 Å². The summed E-state index contributed by atoms with van der Waals surface area (Å²) in [4.78, 5) is 11.2. The van der Waals surface area contributed by atoms with Crippen LogP contribution in [0.1, 0.15) is 15.9 Å². The number of anilines is 3. The Kier molecular flexibility index (Phi) is 3.76. The molecular weight excluding hydrogens is 308 g/mol. The first-order valence-corrected chi connectivity index (χ1v) is 6.42. The van der Waals surface area contributed by atoms with Gasteiger partial charge in [0.25, 0.3) is 0 Å². The third-order valence-corrected chi connectivity index (χ3v) is 3.10. The first-order valence-electron chi connectivity index (χ1n) is 5.63. The SMILES string of the molecule is Cc1cc(Br)cc(Nc2c(N)cccc2C(=O)O)c1. The summed E-state index contributed by atoms with van der Waals surface area (Å²) in [6.45, 7) is 1.96. The second kappa shape index (κ2) is 5.32. The average Bonchev–Trinajstić information content (AvgIpc) is 2.30. The van der Waals surface area contributed by atoms with Gasteiger partial charge >= 0.3 is 5.97 Å². The molecule has 4 nitrogen and oxygen atoms in total. The van der Waals surface area contributed by atoms with Crippen molar-refractivity contribution in [2.24, 2.45) is 0 Å². The third-order valence-electron chi connectivity index (χ3n) is 2.64. The van der Waals surface area contributed by atoms with E-state index in [-0.39, 0.29) is 5.56 Å². The molecule has 0 saturated heterocycles. The number of carboxylic acid groups (broad SMARTS) is 1. The number of aromatic carboxylic acids is 1. The molecule has 0 aromatic heterocycles. The fourth-order valence-corrected chi connectivity index (χ4v) is 2.45. The van der Waals surface area contributed by atoms with E-state index in [9.17, 15) is 9.90 Å². The smallest absolute Gasteiger partial charge is 0.337 e. The van der Waals surface area contributed by atoms with Crippen LogP contribution in [-0.2, 0) is 0 Å². The highest BCUT2D eigenvalue weighted by Gasteiger charge is 2.12. The van der Waals surface area contributed by atoms with E-state index in [1.165, 1.54) is 6.07 Å². The van der Waals surface area contributed by atoms with E-state index in [2.05, 4.69) is 21.2 Å². The lowest BCUT2D eigenvalue weighted by atomic mass is 10.1. The zero-order chi connectivity index (χ0) is 14.0. The molecule has 2 aromatic carbocycles. The molecule has 0 aliphatic heterocycles.